The van der Waals surface area contributed by atoms with Crippen molar-refractivity contribution in [1.82, 2.24) is 29.7 Å². The molecule has 172 valence electrons. The van der Waals surface area contributed by atoms with E-state index in [0.29, 0.717) is 34.6 Å². The number of ether oxygens (including phenoxy) is 2. The highest BCUT2D eigenvalue weighted by Crippen LogP contribution is 2.42. The van der Waals surface area contributed by atoms with E-state index in [1.165, 1.54) is 0 Å². The van der Waals surface area contributed by atoms with Gasteiger partial charge in [-0.3, -0.25) is 9.67 Å². The van der Waals surface area contributed by atoms with E-state index >= 15 is 0 Å². The van der Waals surface area contributed by atoms with E-state index in [-0.39, 0.29) is 0 Å². The maximum absolute atomic E-state index is 6.75. The van der Waals surface area contributed by atoms with Crippen molar-refractivity contribution in [3.63, 3.8) is 0 Å². The number of imidazole rings is 1. The van der Waals surface area contributed by atoms with Crippen LogP contribution < -0.4 is 14.4 Å². The van der Waals surface area contributed by atoms with Crippen LogP contribution in [-0.2, 0) is 13.6 Å². The van der Waals surface area contributed by atoms with E-state index < -0.39 is 0 Å². The molecule has 0 atom stereocenters. The van der Waals surface area contributed by atoms with Crippen molar-refractivity contribution in [2.75, 3.05) is 19.1 Å². The third-order valence-electron chi connectivity index (χ3n) is 5.44. The number of fused-ring (bicyclic) bond motifs is 1. The quantitative estimate of drug-likeness (QED) is 0.362. The predicted molar refractivity (Wildman–Crippen MR) is 131 cm³/mol. The zero-order valence-electron chi connectivity index (χ0n) is 18.9. The van der Waals surface area contributed by atoms with Crippen molar-refractivity contribution in [3.05, 3.63) is 72.2 Å². The second-order valence-corrected chi connectivity index (χ2v) is 8.00. The Morgan fingerprint density at radius 3 is 2.62 bits per heavy atom. The lowest BCUT2D eigenvalue weighted by molar-refractivity contribution is 0.394. The van der Waals surface area contributed by atoms with Crippen LogP contribution in [0, 0.1) is 0 Å². The summed E-state index contributed by atoms with van der Waals surface area (Å²) in [5, 5.41) is 4.70. The van der Waals surface area contributed by atoms with Crippen LogP contribution in [0.25, 0.3) is 22.2 Å². The van der Waals surface area contributed by atoms with Gasteiger partial charge in [0.15, 0.2) is 0 Å². The summed E-state index contributed by atoms with van der Waals surface area (Å²) in [5.41, 5.74) is 4.11. The minimum absolute atomic E-state index is 0.400. The molecule has 0 fully saturated rings. The molecule has 5 aromatic rings. The Kier molecular flexibility index (Phi) is 5.77. The fourth-order valence-corrected chi connectivity index (χ4v) is 4.01. The number of nitrogens with zero attached hydrogens (tertiary/aromatic N) is 6. The first-order chi connectivity index (χ1) is 16.6. The van der Waals surface area contributed by atoms with Gasteiger partial charge in [0.2, 0.25) is 0 Å². The Labute approximate surface area is 201 Å². The fraction of sp³-hybridized carbons (Fsp3) is 0.167. The maximum Gasteiger partial charge on any atom is 0.143 e. The zero-order chi connectivity index (χ0) is 23.7. The summed E-state index contributed by atoms with van der Waals surface area (Å²) in [6, 6.07) is 9.44. The number of H-pyrrole nitrogens is 1. The first kappa shape index (κ1) is 21.7. The van der Waals surface area contributed by atoms with Crippen molar-refractivity contribution in [2.24, 2.45) is 7.05 Å². The van der Waals surface area contributed by atoms with E-state index in [4.69, 9.17) is 26.1 Å². The largest absolute Gasteiger partial charge is 0.497 e. The van der Waals surface area contributed by atoms with Crippen LogP contribution >= 0.6 is 11.6 Å². The Morgan fingerprint density at radius 2 is 1.91 bits per heavy atom. The highest BCUT2D eigenvalue weighted by atomic mass is 35.5. The third-order valence-corrected chi connectivity index (χ3v) is 5.82. The summed E-state index contributed by atoms with van der Waals surface area (Å²) in [6.45, 7) is 0.400. The molecule has 0 saturated heterocycles. The van der Waals surface area contributed by atoms with Gasteiger partial charge in [0, 0.05) is 55.1 Å². The minimum atomic E-state index is 0.400. The lowest BCUT2D eigenvalue weighted by atomic mass is 10.1. The summed E-state index contributed by atoms with van der Waals surface area (Å²) in [5.74, 6) is 2.54. The van der Waals surface area contributed by atoms with Crippen molar-refractivity contribution in [2.45, 2.75) is 6.54 Å². The van der Waals surface area contributed by atoms with Crippen molar-refractivity contribution in [3.8, 4) is 22.6 Å². The number of pyridine rings is 2. The number of benzene rings is 1. The second kappa shape index (κ2) is 9.03. The van der Waals surface area contributed by atoms with Gasteiger partial charge in [0.25, 0.3) is 0 Å². The van der Waals surface area contributed by atoms with E-state index in [9.17, 15) is 0 Å². The number of rotatable bonds is 7. The van der Waals surface area contributed by atoms with Crippen LogP contribution in [0.15, 0.2) is 61.3 Å². The number of halogens is 1. The molecule has 5 rings (SSSR count). The third kappa shape index (κ3) is 4.13. The van der Waals surface area contributed by atoms with Gasteiger partial charge >= 0.3 is 0 Å². The molecule has 0 aliphatic heterocycles. The summed E-state index contributed by atoms with van der Waals surface area (Å²) in [4.78, 5) is 19.0. The second-order valence-electron chi connectivity index (χ2n) is 7.62. The number of nitrogens with one attached hydrogen (secondary N) is 1. The highest BCUT2D eigenvalue weighted by Gasteiger charge is 2.21. The monoisotopic (exact) mass is 475 g/mol. The van der Waals surface area contributed by atoms with E-state index in [1.54, 1.807) is 43.6 Å². The molecule has 10 heteroatoms. The first-order valence-corrected chi connectivity index (χ1v) is 10.9. The van der Waals surface area contributed by atoms with Crippen LogP contribution in [0.5, 0.6) is 11.5 Å². The van der Waals surface area contributed by atoms with Gasteiger partial charge in [-0.1, -0.05) is 11.6 Å². The number of hydrogen-bond acceptors (Lipinski definition) is 7. The van der Waals surface area contributed by atoms with Gasteiger partial charge in [0.05, 0.1) is 43.7 Å². The average molecular weight is 476 g/mol. The summed E-state index contributed by atoms with van der Waals surface area (Å²) in [6.07, 6.45) is 9.06. The van der Waals surface area contributed by atoms with E-state index in [1.807, 2.05) is 48.6 Å². The number of anilines is 2. The lowest BCUT2D eigenvalue weighted by Gasteiger charge is -2.25. The van der Waals surface area contributed by atoms with E-state index in [0.717, 1.165) is 28.0 Å². The fourth-order valence-electron chi connectivity index (χ4n) is 3.72. The Balaban J connectivity index is 1.65. The molecule has 0 saturated carbocycles. The molecule has 0 aliphatic rings. The molecule has 0 unspecified atom stereocenters. The molecule has 0 spiro atoms. The Hall–Kier alpha value is -4.11. The van der Waals surface area contributed by atoms with Crippen LogP contribution in [-0.4, -0.2) is 43.9 Å². The minimum Gasteiger partial charge on any atom is -0.497 e. The van der Waals surface area contributed by atoms with Crippen LogP contribution in [0.1, 0.15) is 5.82 Å². The van der Waals surface area contributed by atoms with Crippen LogP contribution in [0.3, 0.4) is 0 Å². The molecule has 0 amide bonds. The van der Waals surface area contributed by atoms with Gasteiger partial charge in [-0.15, -0.1) is 0 Å². The summed E-state index contributed by atoms with van der Waals surface area (Å²) < 4.78 is 12.7. The summed E-state index contributed by atoms with van der Waals surface area (Å²) >= 11 is 6.75. The van der Waals surface area contributed by atoms with Gasteiger partial charge in [-0.05, 0) is 18.2 Å². The lowest BCUT2D eigenvalue weighted by Crippen LogP contribution is -2.19. The van der Waals surface area contributed by atoms with Crippen molar-refractivity contribution >= 4 is 34.1 Å². The normalized spacial score (nSPS) is 11.1. The molecular weight excluding hydrogens is 454 g/mol. The van der Waals surface area contributed by atoms with Crippen LogP contribution in [0.4, 0.5) is 11.5 Å². The van der Waals surface area contributed by atoms with Crippen LogP contribution in [0.2, 0.25) is 5.02 Å². The predicted octanol–water partition coefficient (Wildman–Crippen LogP) is 4.76. The van der Waals surface area contributed by atoms with Gasteiger partial charge in [0.1, 0.15) is 28.2 Å². The van der Waals surface area contributed by atoms with E-state index in [2.05, 4.69) is 20.1 Å². The molecule has 9 nitrogen and oxygen atoms in total. The number of methoxy groups -OCH3 is 2. The molecule has 34 heavy (non-hydrogen) atoms. The topological polar surface area (TPSA) is 94.0 Å². The average Bonchev–Trinajstić information content (AvgIpc) is 3.54. The Bertz CT molecular complexity index is 1450. The molecule has 1 N–H and O–H groups in total. The SMILES string of the molecule is COc1cc(OC)c(Cl)c(N(Cc2ncc[nH]2)c2ccc3ncc(-c4cnn(C)c4)cc3n2)c1. The maximum atomic E-state index is 6.75. The molecule has 4 aromatic heterocycles. The molecule has 0 bridgehead atoms. The molecule has 0 aliphatic carbocycles. The first-order valence-electron chi connectivity index (χ1n) is 10.5. The van der Waals surface area contributed by atoms with Crippen molar-refractivity contribution in [1.29, 1.82) is 0 Å². The van der Waals surface area contributed by atoms with Gasteiger partial charge in [-0.2, -0.15) is 5.10 Å². The van der Waals surface area contributed by atoms with Gasteiger partial charge < -0.3 is 19.4 Å². The number of aryl methyl sites for hydroxylation is 1. The highest BCUT2D eigenvalue weighted by molar-refractivity contribution is 6.35. The smallest absolute Gasteiger partial charge is 0.143 e. The standard InChI is InChI=1S/C24H22ClN7O2/c1-31-13-16(12-29-31)15-8-19-18(28-11-15)4-5-23(30-19)32(14-22-26-6-7-27-22)20-9-17(33-2)10-21(34-3)24(20)25/h4-13H,14H2,1-3H3,(H,26,27). The molecule has 4 heterocycles. The van der Waals surface area contributed by atoms with Gasteiger partial charge in [-0.25, -0.2) is 9.97 Å². The molecular formula is C24H22ClN7O2. The van der Waals surface area contributed by atoms with Crippen molar-refractivity contribution < 1.29 is 9.47 Å². The molecule has 0 radical (unpaired) electrons. The Morgan fingerprint density at radius 1 is 1.03 bits per heavy atom. The summed E-state index contributed by atoms with van der Waals surface area (Å²) in [7, 11) is 5.05. The number of hydrogen-bond donors (Lipinski definition) is 1. The zero-order valence-corrected chi connectivity index (χ0v) is 19.6. The number of aromatic nitrogens is 6. The number of aromatic amines is 1. The molecule has 1 aromatic carbocycles.